The Morgan fingerprint density at radius 1 is 1.30 bits per heavy atom. The van der Waals surface area contributed by atoms with Crippen molar-refractivity contribution in [2.45, 2.75) is 25.4 Å². The Morgan fingerprint density at radius 3 is 2.52 bits per heavy atom. The van der Waals surface area contributed by atoms with Crippen LogP contribution in [0.4, 0.5) is 0 Å². The number of ether oxygens (including phenoxy) is 2. The lowest BCUT2D eigenvalue weighted by atomic mass is 9.80. The molecule has 0 bridgehead atoms. The number of carboxylic acids is 1. The fourth-order valence-electron chi connectivity index (χ4n) is 3.19. The highest BCUT2D eigenvalue weighted by Crippen LogP contribution is 2.56. The van der Waals surface area contributed by atoms with Crippen LogP contribution in [0.2, 0.25) is 0 Å². The predicted octanol–water partition coefficient (Wildman–Crippen LogP) is 3.51. The molecule has 1 aliphatic rings. The number of aromatic carboxylic acids is 1. The van der Waals surface area contributed by atoms with Crippen LogP contribution in [0.25, 0.3) is 0 Å². The molecular weight excluding hydrogens is 296 g/mol. The Labute approximate surface area is 134 Å². The lowest BCUT2D eigenvalue weighted by molar-refractivity contribution is 0.0691. The van der Waals surface area contributed by atoms with Crippen molar-refractivity contribution >= 4 is 5.97 Å². The first-order chi connectivity index (χ1) is 10.9. The Balaban J connectivity index is 2.25. The number of hydrogen-bond acceptors (Lipinski definition) is 4. The third kappa shape index (κ3) is 2.11. The lowest BCUT2D eigenvalue weighted by Crippen LogP contribution is -2.30. The van der Waals surface area contributed by atoms with Crippen LogP contribution in [0.3, 0.4) is 0 Å². The summed E-state index contributed by atoms with van der Waals surface area (Å²) in [6.45, 7) is 3.80. The molecule has 0 saturated heterocycles. The van der Waals surface area contributed by atoms with E-state index in [-0.39, 0.29) is 17.2 Å². The van der Waals surface area contributed by atoms with E-state index >= 15 is 0 Å². The molecule has 3 rings (SSSR count). The second kappa shape index (κ2) is 5.19. The van der Waals surface area contributed by atoms with Crippen molar-refractivity contribution in [2.24, 2.45) is 0 Å². The van der Waals surface area contributed by atoms with Crippen molar-refractivity contribution in [3.05, 3.63) is 53.1 Å². The minimum Gasteiger partial charge on any atom is -0.507 e. The minimum absolute atomic E-state index is 0.132. The van der Waals surface area contributed by atoms with Crippen molar-refractivity contribution in [3.63, 3.8) is 0 Å². The van der Waals surface area contributed by atoms with Crippen LogP contribution < -0.4 is 9.47 Å². The summed E-state index contributed by atoms with van der Waals surface area (Å²) >= 11 is 0. The summed E-state index contributed by atoms with van der Waals surface area (Å²) in [7, 11) is 1.46. The van der Waals surface area contributed by atoms with Gasteiger partial charge in [0.1, 0.15) is 16.9 Å². The number of phenols is 1. The molecule has 0 spiro atoms. The lowest BCUT2D eigenvalue weighted by Gasteiger charge is -2.29. The summed E-state index contributed by atoms with van der Waals surface area (Å²) in [5, 5.41) is 19.6. The molecule has 0 amide bonds. The van der Waals surface area contributed by atoms with Gasteiger partial charge in [0.05, 0.1) is 7.11 Å². The molecule has 23 heavy (non-hydrogen) atoms. The smallest absolute Gasteiger partial charge is 0.339 e. The number of carboxylic acid groups (broad SMARTS) is 1. The quantitative estimate of drug-likeness (QED) is 0.906. The van der Waals surface area contributed by atoms with Crippen LogP contribution >= 0.6 is 0 Å². The third-order valence-corrected chi connectivity index (χ3v) is 4.62. The number of aromatic hydroxyl groups is 1. The zero-order valence-electron chi connectivity index (χ0n) is 13.2. The maximum absolute atomic E-state index is 11.6. The molecule has 5 heteroatoms. The number of hydrogen-bond donors (Lipinski definition) is 2. The van der Waals surface area contributed by atoms with Crippen LogP contribution in [0.1, 0.15) is 41.3 Å². The second-order valence-corrected chi connectivity index (χ2v) is 5.82. The number of fused-ring (bicyclic) bond motifs is 1. The minimum atomic E-state index is -1.19. The molecule has 2 atom stereocenters. The maximum atomic E-state index is 11.6. The number of methoxy groups -OCH3 is 1. The molecule has 0 aromatic heterocycles. The summed E-state index contributed by atoms with van der Waals surface area (Å²) < 4.78 is 11.4. The molecule has 0 radical (unpaired) electrons. The molecule has 2 aromatic carbocycles. The fourth-order valence-corrected chi connectivity index (χ4v) is 3.19. The van der Waals surface area contributed by atoms with Gasteiger partial charge < -0.3 is 19.7 Å². The molecule has 0 aliphatic carbocycles. The van der Waals surface area contributed by atoms with E-state index < -0.39 is 11.6 Å². The van der Waals surface area contributed by atoms with Crippen molar-refractivity contribution in [1.82, 2.24) is 0 Å². The van der Waals surface area contributed by atoms with E-state index in [1.165, 1.54) is 13.2 Å². The Bertz CT molecular complexity index is 769. The van der Waals surface area contributed by atoms with Crippen molar-refractivity contribution in [2.75, 3.05) is 7.11 Å². The van der Waals surface area contributed by atoms with Gasteiger partial charge in [-0.2, -0.15) is 0 Å². The van der Waals surface area contributed by atoms with E-state index in [4.69, 9.17) is 9.47 Å². The van der Waals surface area contributed by atoms with E-state index in [1.54, 1.807) is 0 Å². The summed E-state index contributed by atoms with van der Waals surface area (Å²) in [5.74, 6) is -1.07. The molecule has 0 fully saturated rings. The largest absolute Gasteiger partial charge is 0.507 e. The van der Waals surface area contributed by atoms with Gasteiger partial charge in [-0.05, 0) is 12.5 Å². The van der Waals surface area contributed by atoms with Gasteiger partial charge in [0, 0.05) is 17.5 Å². The highest BCUT2D eigenvalue weighted by molar-refractivity contribution is 5.95. The molecule has 0 saturated carbocycles. The number of benzene rings is 2. The molecule has 120 valence electrons. The zero-order chi connectivity index (χ0) is 16.8. The monoisotopic (exact) mass is 314 g/mol. The average Bonchev–Trinajstić information content (AvgIpc) is 2.80. The van der Waals surface area contributed by atoms with Crippen LogP contribution in [0, 0.1) is 0 Å². The maximum Gasteiger partial charge on any atom is 0.339 e. The second-order valence-electron chi connectivity index (χ2n) is 5.82. The van der Waals surface area contributed by atoms with Crippen molar-refractivity contribution < 1.29 is 24.5 Å². The van der Waals surface area contributed by atoms with E-state index in [0.29, 0.717) is 17.1 Å². The Morgan fingerprint density at radius 2 is 1.96 bits per heavy atom. The molecule has 2 unspecified atom stereocenters. The molecule has 2 aromatic rings. The van der Waals surface area contributed by atoms with Gasteiger partial charge in [0.15, 0.2) is 11.5 Å². The van der Waals surface area contributed by atoms with E-state index in [9.17, 15) is 15.0 Å². The van der Waals surface area contributed by atoms with Gasteiger partial charge in [0.25, 0.3) is 0 Å². The standard InChI is InChI=1S/C18H18O5/c1-10-14-15(17(20)21)12(19)9-13(22-3)16(14)23-18(10,2)11-7-5-4-6-8-11/h4-10,19H,1-3H3,(H,20,21). The van der Waals surface area contributed by atoms with Gasteiger partial charge in [-0.25, -0.2) is 4.79 Å². The van der Waals surface area contributed by atoms with Crippen LogP contribution in [-0.2, 0) is 5.60 Å². The van der Waals surface area contributed by atoms with E-state index in [2.05, 4.69) is 0 Å². The summed E-state index contributed by atoms with van der Waals surface area (Å²) in [6, 6.07) is 10.9. The first kappa shape index (κ1) is 15.2. The van der Waals surface area contributed by atoms with Gasteiger partial charge in [-0.3, -0.25) is 0 Å². The fraction of sp³-hybridized carbons (Fsp3) is 0.278. The average molecular weight is 314 g/mol. The first-order valence-corrected chi connectivity index (χ1v) is 7.31. The molecule has 1 aliphatic heterocycles. The zero-order valence-corrected chi connectivity index (χ0v) is 13.2. The van der Waals surface area contributed by atoms with Crippen molar-refractivity contribution in [1.29, 1.82) is 0 Å². The summed E-state index contributed by atoms with van der Waals surface area (Å²) in [5.41, 5.74) is 0.518. The Hall–Kier alpha value is -2.69. The van der Waals surface area contributed by atoms with E-state index in [1.807, 2.05) is 44.2 Å². The molecule has 5 nitrogen and oxygen atoms in total. The summed E-state index contributed by atoms with van der Waals surface area (Å²) in [6.07, 6.45) is 0. The molecule has 2 N–H and O–H groups in total. The normalized spacial score (nSPS) is 22.3. The molecule has 1 heterocycles. The first-order valence-electron chi connectivity index (χ1n) is 7.31. The van der Waals surface area contributed by atoms with Gasteiger partial charge in [0.2, 0.25) is 0 Å². The van der Waals surface area contributed by atoms with Crippen LogP contribution in [-0.4, -0.2) is 23.3 Å². The number of rotatable bonds is 3. The van der Waals surface area contributed by atoms with Crippen LogP contribution in [0.15, 0.2) is 36.4 Å². The highest BCUT2D eigenvalue weighted by atomic mass is 16.5. The SMILES string of the molecule is COc1cc(O)c(C(=O)O)c2c1OC(C)(c1ccccc1)C2C. The summed E-state index contributed by atoms with van der Waals surface area (Å²) in [4.78, 5) is 11.6. The third-order valence-electron chi connectivity index (χ3n) is 4.62. The highest BCUT2D eigenvalue weighted by Gasteiger charge is 2.47. The number of carbonyl (C=O) groups is 1. The van der Waals surface area contributed by atoms with E-state index in [0.717, 1.165) is 5.56 Å². The Kier molecular flexibility index (Phi) is 3.43. The predicted molar refractivity (Wildman–Crippen MR) is 84.5 cm³/mol. The molecular formula is C18H18O5. The van der Waals surface area contributed by atoms with Gasteiger partial charge in [-0.1, -0.05) is 37.3 Å². The topological polar surface area (TPSA) is 76.0 Å². The van der Waals surface area contributed by atoms with Crippen LogP contribution in [0.5, 0.6) is 17.2 Å². The van der Waals surface area contributed by atoms with Gasteiger partial charge >= 0.3 is 5.97 Å². The van der Waals surface area contributed by atoms with Gasteiger partial charge in [-0.15, -0.1) is 0 Å². The van der Waals surface area contributed by atoms with Crippen molar-refractivity contribution in [3.8, 4) is 17.2 Å².